The number of carbonyl (C=O) groups excluding carboxylic acids is 1. The van der Waals surface area contributed by atoms with Crippen molar-refractivity contribution >= 4 is 12.1 Å². The molecule has 1 saturated carbocycles. The first kappa shape index (κ1) is 20.8. The van der Waals surface area contributed by atoms with Gasteiger partial charge in [-0.3, -0.25) is 4.99 Å². The zero-order valence-corrected chi connectivity index (χ0v) is 17.4. The van der Waals surface area contributed by atoms with Crippen LogP contribution in [-0.4, -0.2) is 66.2 Å². The molecule has 26 heavy (non-hydrogen) atoms. The van der Waals surface area contributed by atoms with E-state index in [-0.39, 0.29) is 12.1 Å². The van der Waals surface area contributed by atoms with E-state index in [9.17, 15) is 4.79 Å². The number of nitrogens with zero attached hydrogens (tertiary/aromatic N) is 3. The summed E-state index contributed by atoms with van der Waals surface area (Å²) in [5.74, 6) is 1.68. The summed E-state index contributed by atoms with van der Waals surface area (Å²) >= 11 is 0. The van der Waals surface area contributed by atoms with Crippen molar-refractivity contribution in [1.82, 2.24) is 15.1 Å². The SMILES string of the molecule is CCCN=C(NCC)N1CCC(N(CC2CC2)C(=O)OC(C)(C)C)CC1. The topological polar surface area (TPSA) is 57.2 Å². The number of hydrogen-bond donors (Lipinski definition) is 1. The van der Waals surface area contributed by atoms with E-state index in [0.29, 0.717) is 5.92 Å². The van der Waals surface area contributed by atoms with Crippen LogP contribution >= 0.6 is 0 Å². The minimum Gasteiger partial charge on any atom is -0.444 e. The van der Waals surface area contributed by atoms with Crippen molar-refractivity contribution in [3.05, 3.63) is 0 Å². The molecule has 1 saturated heterocycles. The molecule has 2 fully saturated rings. The number of hydrogen-bond acceptors (Lipinski definition) is 3. The molecule has 1 amide bonds. The third-order valence-electron chi connectivity index (χ3n) is 4.80. The first-order chi connectivity index (χ1) is 12.3. The molecule has 1 aliphatic carbocycles. The number of nitrogens with one attached hydrogen (secondary N) is 1. The van der Waals surface area contributed by atoms with Gasteiger partial charge in [-0.05, 0) is 65.7 Å². The normalized spacial score (nSPS) is 19.4. The van der Waals surface area contributed by atoms with Crippen LogP contribution in [0.5, 0.6) is 0 Å². The molecule has 1 heterocycles. The Kier molecular flexibility index (Phi) is 7.59. The molecule has 6 heteroatoms. The Morgan fingerprint density at radius 1 is 1.19 bits per heavy atom. The van der Waals surface area contributed by atoms with Gasteiger partial charge in [0.1, 0.15) is 5.60 Å². The van der Waals surface area contributed by atoms with Crippen molar-refractivity contribution in [2.24, 2.45) is 10.9 Å². The number of rotatable bonds is 6. The summed E-state index contributed by atoms with van der Waals surface area (Å²) in [6.45, 7) is 14.5. The van der Waals surface area contributed by atoms with Gasteiger partial charge >= 0.3 is 6.09 Å². The highest BCUT2D eigenvalue weighted by atomic mass is 16.6. The van der Waals surface area contributed by atoms with Crippen molar-refractivity contribution in [3.8, 4) is 0 Å². The number of piperidine rings is 1. The maximum atomic E-state index is 12.7. The lowest BCUT2D eigenvalue weighted by atomic mass is 10.0. The second-order valence-electron chi connectivity index (χ2n) is 8.53. The van der Waals surface area contributed by atoms with Crippen LogP contribution < -0.4 is 5.32 Å². The van der Waals surface area contributed by atoms with Crippen LogP contribution in [0.2, 0.25) is 0 Å². The van der Waals surface area contributed by atoms with Gasteiger partial charge in [-0.1, -0.05) is 6.92 Å². The molecule has 0 aromatic rings. The van der Waals surface area contributed by atoms with Crippen molar-refractivity contribution in [1.29, 1.82) is 0 Å². The second kappa shape index (κ2) is 9.47. The van der Waals surface area contributed by atoms with Gasteiger partial charge in [-0.2, -0.15) is 0 Å². The largest absolute Gasteiger partial charge is 0.444 e. The van der Waals surface area contributed by atoms with Gasteiger partial charge in [0.25, 0.3) is 0 Å². The van der Waals surface area contributed by atoms with E-state index >= 15 is 0 Å². The Bertz CT molecular complexity index is 475. The summed E-state index contributed by atoms with van der Waals surface area (Å²) in [7, 11) is 0. The molecule has 0 aromatic heterocycles. The summed E-state index contributed by atoms with van der Waals surface area (Å²) in [6, 6.07) is 0.274. The predicted molar refractivity (Wildman–Crippen MR) is 107 cm³/mol. The average molecular weight is 367 g/mol. The van der Waals surface area contributed by atoms with Crippen molar-refractivity contribution in [2.75, 3.05) is 32.7 Å². The van der Waals surface area contributed by atoms with Gasteiger partial charge in [0.15, 0.2) is 5.96 Å². The van der Waals surface area contributed by atoms with Crippen LogP contribution in [0.15, 0.2) is 4.99 Å². The molecule has 1 aliphatic heterocycles. The van der Waals surface area contributed by atoms with E-state index < -0.39 is 5.60 Å². The number of aliphatic imine (C=N–C) groups is 1. The highest BCUT2D eigenvalue weighted by Crippen LogP contribution is 2.32. The van der Waals surface area contributed by atoms with E-state index in [4.69, 9.17) is 9.73 Å². The van der Waals surface area contributed by atoms with Gasteiger partial charge in [0.2, 0.25) is 0 Å². The van der Waals surface area contributed by atoms with E-state index in [1.54, 1.807) is 0 Å². The summed E-state index contributed by atoms with van der Waals surface area (Å²) in [6.07, 6.45) is 5.34. The molecule has 0 bridgehead atoms. The van der Waals surface area contributed by atoms with Gasteiger partial charge in [-0.15, -0.1) is 0 Å². The molecular formula is C20H38N4O2. The zero-order valence-electron chi connectivity index (χ0n) is 17.4. The van der Waals surface area contributed by atoms with Crippen LogP contribution in [-0.2, 0) is 4.74 Å². The molecule has 0 radical (unpaired) electrons. The Morgan fingerprint density at radius 2 is 1.85 bits per heavy atom. The fourth-order valence-corrected chi connectivity index (χ4v) is 3.30. The van der Waals surface area contributed by atoms with Gasteiger partial charge in [0, 0.05) is 38.8 Å². The third kappa shape index (κ3) is 6.69. The molecule has 6 nitrogen and oxygen atoms in total. The maximum Gasteiger partial charge on any atom is 0.410 e. The molecule has 0 unspecified atom stereocenters. The van der Waals surface area contributed by atoms with Crippen molar-refractivity contribution < 1.29 is 9.53 Å². The first-order valence-corrected chi connectivity index (χ1v) is 10.4. The van der Waals surface area contributed by atoms with Crippen LogP contribution in [0.3, 0.4) is 0 Å². The van der Waals surface area contributed by atoms with E-state index in [0.717, 1.165) is 57.9 Å². The van der Waals surface area contributed by atoms with E-state index in [2.05, 4.69) is 24.1 Å². The van der Waals surface area contributed by atoms with Gasteiger partial charge in [0.05, 0.1) is 0 Å². The smallest absolute Gasteiger partial charge is 0.410 e. The fourth-order valence-electron chi connectivity index (χ4n) is 3.30. The standard InChI is InChI=1S/C20H38N4O2/c1-6-12-22-18(21-7-2)23-13-10-17(11-14-23)24(15-16-8-9-16)19(25)26-20(3,4)5/h16-17H,6-15H2,1-5H3,(H,21,22). The maximum absolute atomic E-state index is 12.7. The van der Waals surface area contributed by atoms with Crippen molar-refractivity contribution in [2.45, 2.75) is 78.4 Å². The van der Waals surface area contributed by atoms with Crippen LogP contribution in [0.25, 0.3) is 0 Å². The number of guanidine groups is 1. The fraction of sp³-hybridized carbons (Fsp3) is 0.900. The van der Waals surface area contributed by atoms with Gasteiger partial charge in [-0.25, -0.2) is 4.79 Å². The quantitative estimate of drug-likeness (QED) is 0.578. The van der Waals surface area contributed by atoms with E-state index in [1.807, 2.05) is 25.7 Å². The highest BCUT2D eigenvalue weighted by Gasteiger charge is 2.35. The molecular weight excluding hydrogens is 328 g/mol. The Hall–Kier alpha value is -1.46. The molecule has 0 atom stereocenters. The van der Waals surface area contributed by atoms with Crippen LogP contribution in [0, 0.1) is 5.92 Å². The average Bonchev–Trinajstić information content (AvgIpc) is 3.39. The molecule has 150 valence electrons. The Morgan fingerprint density at radius 3 is 2.35 bits per heavy atom. The van der Waals surface area contributed by atoms with Gasteiger partial charge < -0.3 is 19.9 Å². The number of likely N-dealkylation sites (tertiary alicyclic amines) is 1. The lowest BCUT2D eigenvalue weighted by Crippen LogP contribution is -2.52. The molecule has 0 aromatic carbocycles. The molecule has 2 aliphatic rings. The molecule has 1 N–H and O–H groups in total. The number of amides is 1. The monoisotopic (exact) mass is 366 g/mol. The summed E-state index contributed by atoms with van der Waals surface area (Å²) in [5.41, 5.74) is -0.440. The summed E-state index contributed by atoms with van der Waals surface area (Å²) in [5, 5.41) is 3.40. The second-order valence-corrected chi connectivity index (χ2v) is 8.53. The number of carbonyl (C=O) groups is 1. The zero-order chi connectivity index (χ0) is 19.2. The van der Waals surface area contributed by atoms with Crippen LogP contribution in [0.4, 0.5) is 4.79 Å². The summed E-state index contributed by atoms with van der Waals surface area (Å²) in [4.78, 5) is 21.8. The first-order valence-electron chi connectivity index (χ1n) is 10.4. The summed E-state index contributed by atoms with van der Waals surface area (Å²) < 4.78 is 5.69. The van der Waals surface area contributed by atoms with Crippen molar-refractivity contribution in [3.63, 3.8) is 0 Å². The van der Waals surface area contributed by atoms with Crippen LogP contribution in [0.1, 0.15) is 66.7 Å². The molecule has 0 spiro atoms. The Balaban J connectivity index is 1.96. The number of ether oxygens (including phenoxy) is 1. The lowest BCUT2D eigenvalue weighted by Gasteiger charge is -2.40. The highest BCUT2D eigenvalue weighted by molar-refractivity contribution is 5.80. The predicted octanol–water partition coefficient (Wildman–Crippen LogP) is 3.47. The molecule has 2 rings (SSSR count). The Labute approximate surface area is 159 Å². The lowest BCUT2D eigenvalue weighted by molar-refractivity contribution is 0.00928. The minimum atomic E-state index is -0.440. The minimum absolute atomic E-state index is 0.144. The van der Waals surface area contributed by atoms with E-state index in [1.165, 1.54) is 12.8 Å². The third-order valence-corrected chi connectivity index (χ3v) is 4.80.